The van der Waals surface area contributed by atoms with Gasteiger partial charge in [-0.15, -0.1) is 10.2 Å². The minimum atomic E-state index is 0.803. The number of nitrogen functional groups attached to an aromatic ring is 1. The molecule has 0 amide bonds. The van der Waals surface area contributed by atoms with E-state index in [1.165, 1.54) is 0 Å². The van der Waals surface area contributed by atoms with Crippen molar-refractivity contribution in [1.29, 1.82) is 0 Å². The van der Waals surface area contributed by atoms with E-state index in [-0.39, 0.29) is 0 Å². The lowest BCUT2D eigenvalue weighted by Crippen LogP contribution is -1.96. The van der Waals surface area contributed by atoms with Crippen LogP contribution in [0.15, 0.2) is 18.2 Å². The molecule has 0 fully saturated rings. The summed E-state index contributed by atoms with van der Waals surface area (Å²) in [7, 11) is 1.95. The molecule has 1 heterocycles. The van der Waals surface area contributed by atoms with Gasteiger partial charge >= 0.3 is 0 Å². The SMILES string of the molecule is Cc1cc(-c2nnc(C)n2C)ccc1N. The van der Waals surface area contributed by atoms with Gasteiger partial charge in [-0.1, -0.05) is 0 Å². The number of anilines is 1. The Balaban J connectivity index is 2.55. The molecule has 0 aliphatic heterocycles. The van der Waals surface area contributed by atoms with Crippen LogP contribution < -0.4 is 5.73 Å². The van der Waals surface area contributed by atoms with Gasteiger partial charge < -0.3 is 10.3 Å². The van der Waals surface area contributed by atoms with Gasteiger partial charge in [-0.05, 0) is 37.6 Å². The van der Waals surface area contributed by atoms with Crippen LogP contribution in [0.2, 0.25) is 0 Å². The van der Waals surface area contributed by atoms with E-state index in [4.69, 9.17) is 5.73 Å². The molecule has 2 rings (SSSR count). The first-order chi connectivity index (χ1) is 7.09. The van der Waals surface area contributed by atoms with E-state index in [9.17, 15) is 0 Å². The normalized spacial score (nSPS) is 10.6. The number of nitrogens with zero attached hydrogens (tertiary/aromatic N) is 3. The minimum Gasteiger partial charge on any atom is -0.399 e. The minimum absolute atomic E-state index is 0.803. The summed E-state index contributed by atoms with van der Waals surface area (Å²) in [6.45, 7) is 3.92. The number of rotatable bonds is 1. The van der Waals surface area contributed by atoms with Crippen molar-refractivity contribution >= 4 is 5.69 Å². The molecule has 0 aliphatic rings. The number of hydrogen-bond acceptors (Lipinski definition) is 3. The molecule has 78 valence electrons. The molecular formula is C11H14N4. The Morgan fingerprint density at radius 1 is 1.20 bits per heavy atom. The van der Waals surface area contributed by atoms with Gasteiger partial charge in [0.1, 0.15) is 5.82 Å². The predicted octanol–water partition coefficient (Wildman–Crippen LogP) is 1.68. The second kappa shape index (κ2) is 3.38. The van der Waals surface area contributed by atoms with E-state index in [0.29, 0.717) is 0 Å². The Kier molecular flexibility index (Phi) is 2.19. The summed E-state index contributed by atoms with van der Waals surface area (Å²) < 4.78 is 1.96. The van der Waals surface area contributed by atoms with Crippen LogP contribution in [0.5, 0.6) is 0 Å². The molecule has 0 atom stereocenters. The molecule has 4 nitrogen and oxygen atoms in total. The van der Waals surface area contributed by atoms with E-state index in [1.54, 1.807) is 0 Å². The number of benzene rings is 1. The quantitative estimate of drug-likeness (QED) is 0.716. The van der Waals surface area contributed by atoms with Crippen LogP contribution in [0.1, 0.15) is 11.4 Å². The highest BCUT2D eigenvalue weighted by Crippen LogP contribution is 2.21. The van der Waals surface area contributed by atoms with Crippen LogP contribution in [0, 0.1) is 13.8 Å². The smallest absolute Gasteiger partial charge is 0.163 e. The van der Waals surface area contributed by atoms with Crippen molar-refractivity contribution in [2.75, 3.05) is 5.73 Å². The van der Waals surface area contributed by atoms with Crippen molar-refractivity contribution in [3.63, 3.8) is 0 Å². The highest BCUT2D eigenvalue weighted by molar-refractivity contribution is 5.62. The lowest BCUT2D eigenvalue weighted by molar-refractivity contribution is 0.865. The largest absolute Gasteiger partial charge is 0.399 e. The third kappa shape index (κ3) is 1.58. The molecule has 0 saturated heterocycles. The van der Waals surface area contributed by atoms with E-state index >= 15 is 0 Å². The average Bonchev–Trinajstić information content (AvgIpc) is 2.53. The Bertz CT molecular complexity index is 499. The van der Waals surface area contributed by atoms with Crippen molar-refractivity contribution in [2.45, 2.75) is 13.8 Å². The van der Waals surface area contributed by atoms with Gasteiger partial charge in [-0.25, -0.2) is 0 Å². The molecule has 1 aromatic heterocycles. The van der Waals surface area contributed by atoms with Crippen molar-refractivity contribution in [3.8, 4) is 11.4 Å². The lowest BCUT2D eigenvalue weighted by Gasteiger charge is -2.04. The molecule has 1 aromatic carbocycles. The van der Waals surface area contributed by atoms with Crippen LogP contribution in [-0.2, 0) is 7.05 Å². The molecule has 0 aliphatic carbocycles. The molecule has 0 spiro atoms. The van der Waals surface area contributed by atoms with Crippen LogP contribution >= 0.6 is 0 Å². The van der Waals surface area contributed by atoms with E-state index in [0.717, 1.165) is 28.5 Å². The van der Waals surface area contributed by atoms with Crippen LogP contribution in [-0.4, -0.2) is 14.8 Å². The lowest BCUT2D eigenvalue weighted by atomic mass is 10.1. The summed E-state index contributed by atoms with van der Waals surface area (Å²) in [5.74, 6) is 1.77. The van der Waals surface area contributed by atoms with Crippen LogP contribution in [0.4, 0.5) is 5.69 Å². The first kappa shape index (κ1) is 9.71. The van der Waals surface area contributed by atoms with Crippen LogP contribution in [0.25, 0.3) is 11.4 Å². The third-order valence-corrected chi connectivity index (χ3v) is 2.62. The zero-order chi connectivity index (χ0) is 11.0. The van der Waals surface area contributed by atoms with Crippen molar-refractivity contribution in [1.82, 2.24) is 14.8 Å². The standard InChI is InChI=1S/C11H14N4/c1-7-6-9(4-5-10(7)12)11-14-13-8(2)15(11)3/h4-6H,12H2,1-3H3. The van der Waals surface area contributed by atoms with Gasteiger partial charge in [0.15, 0.2) is 5.82 Å². The second-order valence-corrected chi connectivity index (χ2v) is 3.70. The van der Waals surface area contributed by atoms with E-state index in [2.05, 4.69) is 10.2 Å². The second-order valence-electron chi connectivity index (χ2n) is 3.70. The Morgan fingerprint density at radius 3 is 2.47 bits per heavy atom. The summed E-state index contributed by atoms with van der Waals surface area (Å²) in [6, 6.07) is 5.89. The number of aromatic nitrogens is 3. The molecule has 2 N–H and O–H groups in total. The van der Waals surface area contributed by atoms with E-state index in [1.807, 2.05) is 43.7 Å². The Morgan fingerprint density at radius 2 is 1.93 bits per heavy atom. The van der Waals surface area contributed by atoms with Crippen molar-refractivity contribution in [3.05, 3.63) is 29.6 Å². The number of nitrogens with two attached hydrogens (primary N) is 1. The average molecular weight is 202 g/mol. The van der Waals surface area contributed by atoms with E-state index < -0.39 is 0 Å². The highest BCUT2D eigenvalue weighted by atomic mass is 15.3. The molecule has 4 heteroatoms. The number of aryl methyl sites for hydroxylation is 2. The van der Waals surface area contributed by atoms with Gasteiger partial charge in [0.2, 0.25) is 0 Å². The molecule has 2 aromatic rings. The summed E-state index contributed by atoms with van der Waals surface area (Å²) in [4.78, 5) is 0. The maximum Gasteiger partial charge on any atom is 0.163 e. The topological polar surface area (TPSA) is 56.7 Å². The fraction of sp³-hybridized carbons (Fsp3) is 0.273. The maximum atomic E-state index is 5.77. The summed E-state index contributed by atoms with van der Waals surface area (Å²) in [6.07, 6.45) is 0. The molecule has 0 radical (unpaired) electrons. The van der Waals surface area contributed by atoms with Crippen molar-refractivity contribution in [2.24, 2.45) is 7.05 Å². The third-order valence-electron chi connectivity index (χ3n) is 2.62. The molecule has 0 saturated carbocycles. The van der Waals surface area contributed by atoms with Crippen molar-refractivity contribution < 1.29 is 0 Å². The van der Waals surface area contributed by atoms with Crippen LogP contribution in [0.3, 0.4) is 0 Å². The first-order valence-electron chi connectivity index (χ1n) is 4.82. The summed E-state index contributed by atoms with van der Waals surface area (Å²) in [5.41, 5.74) is 8.68. The first-order valence-corrected chi connectivity index (χ1v) is 4.82. The fourth-order valence-electron chi connectivity index (χ4n) is 1.47. The monoisotopic (exact) mass is 202 g/mol. The van der Waals surface area contributed by atoms with Gasteiger partial charge in [-0.3, -0.25) is 0 Å². The Hall–Kier alpha value is -1.84. The van der Waals surface area contributed by atoms with Gasteiger partial charge in [0.25, 0.3) is 0 Å². The molecule has 15 heavy (non-hydrogen) atoms. The zero-order valence-corrected chi connectivity index (χ0v) is 9.15. The highest BCUT2D eigenvalue weighted by Gasteiger charge is 2.08. The Labute approximate surface area is 88.8 Å². The predicted molar refractivity (Wildman–Crippen MR) is 60.3 cm³/mol. The molecule has 0 bridgehead atoms. The maximum absolute atomic E-state index is 5.77. The van der Waals surface area contributed by atoms with Gasteiger partial charge in [0, 0.05) is 18.3 Å². The summed E-state index contributed by atoms with van der Waals surface area (Å²) >= 11 is 0. The molecule has 0 unspecified atom stereocenters. The fourth-order valence-corrected chi connectivity index (χ4v) is 1.47. The van der Waals surface area contributed by atoms with Gasteiger partial charge in [0.05, 0.1) is 0 Å². The van der Waals surface area contributed by atoms with Gasteiger partial charge in [-0.2, -0.15) is 0 Å². The summed E-state index contributed by atoms with van der Waals surface area (Å²) in [5, 5.41) is 8.15. The molecular weight excluding hydrogens is 188 g/mol. The number of hydrogen-bond donors (Lipinski definition) is 1. The zero-order valence-electron chi connectivity index (χ0n) is 9.15.